The summed E-state index contributed by atoms with van der Waals surface area (Å²) < 4.78 is 44.8. The van der Waals surface area contributed by atoms with Gasteiger partial charge in [0.2, 0.25) is 0 Å². The number of rotatable bonds is 3. The van der Waals surface area contributed by atoms with E-state index in [1.165, 1.54) is 12.1 Å². The maximum absolute atomic E-state index is 13.5. The van der Waals surface area contributed by atoms with Crippen LogP contribution in [0.4, 0.5) is 8.78 Å². The van der Waals surface area contributed by atoms with Crippen LogP contribution in [-0.4, -0.2) is 29.5 Å². The summed E-state index contributed by atoms with van der Waals surface area (Å²) in [6.45, 7) is 7.97. The molecule has 154 valence electrons. The van der Waals surface area contributed by atoms with Gasteiger partial charge in [-0.25, -0.2) is 8.78 Å². The number of ether oxygens (including phenoxy) is 1. The Balaban J connectivity index is 1.52. The van der Waals surface area contributed by atoms with E-state index in [1.807, 2.05) is 39.8 Å². The molecule has 0 bridgehead atoms. The first-order valence-corrected chi connectivity index (χ1v) is 9.84. The fourth-order valence-corrected chi connectivity index (χ4v) is 3.72. The van der Waals surface area contributed by atoms with Gasteiger partial charge in [-0.3, -0.25) is 0 Å². The number of halogens is 2. The molecule has 29 heavy (non-hydrogen) atoms. The molecular weight excluding hydrogens is 377 g/mol. The Labute approximate surface area is 169 Å². The van der Waals surface area contributed by atoms with E-state index in [1.54, 1.807) is 6.07 Å². The predicted molar refractivity (Wildman–Crippen MR) is 106 cm³/mol. The first kappa shape index (κ1) is 20.3. The zero-order valence-electron chi connectivity index (χ0n) is 17.0. The highest BCUT2D eigenvalue weighted by atomic mass is 19.2. The highest BCUT2D eigenvalue weighted by Gasteiger charge is 2.51. The molecule has 2 aliphatic rings. The molecule has 0 aliphatic carbocycles. The third-order valence-electron chi connectivity index (χ3n) is 6.15. The summed E-state index contributed by atoms with van der Waals surface area (Å²) in [5.74, 6) is -1.18. The van der Waals surface area contributed by atoms with E-state index in [9.17, 15) is 13.9 Å². The van der Waals surface area contributed by atoms with Crippen LogP contribution in [0.3, 0.4) is 0 Å². The number of aliphatic hydroxyl groups excluding tert-OH is 1. The quantitative estimate of drug-likeness (QED) is 0.796. The molecule has 4 rings (SSSR count). The summed E-state index contributed by atoms with van der Waals surface area (Å²) in [4.78, 5) is 0. The zero-order valence-corrected chi connectivity index (χ0v) is 17.0. The number of hydrogen-bond acceptors (Lipinski definition) is 4. The number of hydrogen-bond donors (Lipinski definition) is 1. The minimum Gasteiger partial charge on any atom is -0.490 e. The molecule has 0 aromatic heterocycles. The van der Waals surface area contributed by atoms with E-state index in [-0.39, 0.29) is 6.10 Å². The molecule has 0 amide bonds. The van der Waals surface area contributed by atoms with Gasteiger partial charge in [0, 0.05) is 18.4 Å². The molecule has 2 atom stereocenters. The standard InChI is InChI=1S/C22H25BF2O4/c1-21(2)22(3,4)29-23(28-21)14-6-8-20-16(11-14)19(26)12-15(27-20)9-13-5-7-17(24)18(25)10-13/h5-8,10-11,15,19,26H,9,12H2,1-4H3. The molecule has 2 aromatic rings. The van der Waals surface area contributed by atoms with Crippen LogP contribution in [0.25, 0.3) is 0 Å². The van der Waals surface area contributed by atoms with E-state index in [2.05, 4.69) is 0 Å². The lowest BCUT2D eigenvalue weighted by molar-refractivity contribution is 0.00578. The van der Waals surface area contributed by atoms with Gasteiger partial charge in [-0.1, -0.05) is 18.2 Å². The van der Waals surface area contributed by atoms with Gasteiger partial charge in [-0.15, -0.1) is 0 Å². The second kappa shape index (κ2) is 7.08. The summed E-state index contributed by atoms with van der Waals surface area (Å²) in [6.07, 6.45) is -0.313. The Morgan fingerprint density at radius 2 is 1.69 bits per heavy atom. The fraction of sp³-hybridized carbons (Fsp3) is 0.455. The van der Waals surface area contributed by atoms with Crippen molar-refractivity contribution in [2.24, 2.45) is 0 Å². The Morgan fingerprint density at radius 3 is 2.34 bits per heavy atom. The molecule has 1 fully saturated rings. The second-order valence-corrected chi connectivity index (χ2v) is 8.83. The molecular formula is C22H25BF2O4. The van der Waals surface area contributed by atoms with Crippen LogP contribution < -0.4 is 10.2 Å². The number of fused-ring (bicyclic) bond motifs is 1. The van der Waals surface area contributed by atoms with Gasteiger partial charge in [0.15, 0.2) is 11.6 Å². The molecule has 2 unspecified atom stereocenters. The fourth-order valence-electron chi connectivity index (χ4n) is 3.72. The lowest BCUT2D eigenvalue weighted by Gasteiger charge is -2.32. The van der Waals surface area contributed by atoms with Crippen molar-refractivity contribution >= 4 is 12.6 Å². The monoisotopic (exact) mass is 402 g/mol. The van der Waals surface area contributed by atoms with Crippen molar-refractivity contribution in [1.82, 2.24) is 0 Å². The largest absolute Gasteiger partial charge is 0.494 e. The summed E-state index contributed by atoms with van der Waals surface area (Å²) >= 11 is 0. The van der Waals surface area contributed by atoms with Crippen molar-refractivity contribution in [3.63, 3.8) is 0 Å². The van der Waals surface area contributed by atoms with Crippen LogP contribution in [0, 0.1) is 11.6 Å². The first-order valence-electron chi connectivity index (χ1n) is 9.84. The van der Waals surface area contributed by atoms with Gasteiger partial charge in [-0.2, -0.15) is 0 Å². The molecule has 0 spiro atoms. The van der Waals surface area contributed by atoms with Crippen LogP contribution in [0.15, 0.2) is 36.4 Å². The third kappa shape index (κ3) is 3.79. The van der Waals surface area contributed by atoms with Crippen LogP contribution in [0.1, 0.15) is 51.3 Å². The maximum atomic E-state index is 13.5. The minimum atomic E-state index is -0.883. The van der Waals surface area contributed by atoms with E-state index >= 15 is 0 Å². The minimum absolute atomic E-state index is 0.329. The van der Waals surface area contributed by atoms with Gasteiger partial charge in [-0.05, 0) is 56.9 Å². The predicted octanol–water partition coefficient (Wildman–Crippen LogP) is 3.69. The van der Waals surface area contributed by atoms with Gasteiger partial charge in [0.1, 0.15) is 11.9 Å². The molecule has 4 nitrogen and oxygen atoms in total. The van der Waals surface area contributed by atoms with Crippen LogP contribution in [0.2, 0.25) is 0 Å². The van der Waals surface area contributed by atoms with E-state index in [0.29, 0.717) is 29.7 Å². The molecule has 0 saturated carbocycles. The highest BCUT2D eigenvalue weighted by molar-refractivity contribution is 6.62. The topological polar surface area (TPSA) is 47.9 Å². The Bertz CT molecular complexity index is 915. The Kier molecular flexibility index (Phi) is 4.96. The third-order valence-corrected chi connectivity index (χ3v) is 6.15. The number of aliphatic hydroxyl groups is 1. The normalized spacial score (nSPS) is 24.9. The molecule has 2 aliphatic heterocycles. The molecule has 1 N–H and O–H groups in total. The molecule has 2 aromatic carbocycles. The second-order valence-electron chi connectivity index (χ2n) is 8.83. The van der Waals surface area contributed by atoms with Gasteiger partial charge >= 0.3 is 7.12 Å². The lowest BCUT2D eigenvalue weighted by Crippen LogP contribution is -2.41. The van der Waals surface area contributed by atoms with Crippen LogP contribution in [-0.2, 0) is 15.7 Å². The van der Waals surface area contributed by atoms with Crippen LogP contribution in [0.5, 0.6) is 5.75 Å². The summed E-state index contributed by atoms with van der Waals surface area (Å²) in [6, 6.07) is 9.33. The zero-order chi connectivity index (χ0) is 21.0. The molecule has 0 radical (unpaired) electrons. The van der Waals surface area contributed by atoms with Gasteiger partial charge < -0.3 is 19.2 Å². The Hall–Kier alpha value is -1.96. The first-order chi connectivity index (χ1) is 13.6. The SMILES string of the molecule is CC1(C)OB(c2ccc3c(c2)C(O)CC(Cc2ccc(F)c(F)c2)O3)OC1(C)C. The maximum Gasteiger partial charge on any atom is 0.494 e. The van der Waals surface area contributed by atoms with Crippen molar-refractivity contribution < 1.29 is 27.9 Å². The van der Waals surface area contributed by atoms with Crippen molar-refractivity contribution in [3.8, 4) is 5.75 Å². The lowest BCUT2D eigenvalue weighted by atomic mass is 9.77. The average Bonchev–Trinajstić information content (AvgIpc) is 2.85. The van der Waals surface area contributed by atoms with E-state index in [4.69, 9.17) is 14.0 Å². The average molecular weight is 402 g/mol. The van der Waals surface area contributed by atoms with Crippen molar-refractivity contribution in [2.45, 2.75) is 63.9 Å². The number of benzene rings is 2. The highest BCUT2D eigenvalue weighted by Crippen LogP contribution is 2.38. The van der Waals surface area contributed by atoms with Crippen molar-refractivity contribution in [1.29, 1.82) is 0 Å². The Morgan fingerprint density at radius 1 is 1.00 bits per heavy atom. The molecule has 2 heterocycles. The van der Waals surface area contributed by atoms with E-state index < -0.39 is 36.1 Å². The summed E-state index contributed by atoms with van der Waals surface area (Å²) in [7, 11) is -0.516. The smallest absolute Gasteiger partial charge is 0.490 e. The molecule has 1 saturated heterocycles. The van der Waals surface area contributed by atoms with Gasteiger partial charge in [0.25, 0.3) is 0 Å². The van der Waals surface area contributed by atoms with E-state index in [0.717, 1.165) is 11.5 Å². The summed E-state index contributed by atoms with van der Waals surface area (Å²) in [5, 5.41) is 10.7. The molecule has 7 heteroatoms. The van der Waals surface area contributed by atoms with Crippen LogP contribution >= 0.6 is 0 Å². The van der Waals surface area contributed by atoms with Crippen molar-refractivity contribution in [3.05, 3.63) is 59.2 Å². The van der Waals surface area contributed by atoms with Crippen molar-refractivity contribution in [2.75, 3.05) is 0 Å². The summed E-state index contributed by atoms with van der Waals surface area (Å²) in [5.41, 5.74) is 1.23. The van der Waals surface area contributed by atoms with Gasteiger partial charge in [0.05, 0.1) is 17.3 Å².